The Kier molecular flexibility index (Phi) is 3.80. The first kappa shape index (κ1) is 14.3. The molecule has 0 aliphatic rings. The number of aromatic nitrogens is 2. The van der Waals surface area contributed by atoms with Crippen molar-refractivity contribution in [3.8, 4) is 0 Å². The first-order valence-electron chi connectivity index (χ1n) is 6.55. The van der Waals surface area contributed by atoms with Gasteiger partial charge in [-0.25, -0.2) is 4.98 Å². The molecule has 6 heteroatoms. The zero-order chi connectivity index (χ0) is 15.0. The average molecular weight is 321 g/mol. The molecule has 2 heterocycles. The van der Waals surface area contributed by atoms with Gasteiger partial charge in [0.25, 0.3) is 0 Å². The minimum atomic E-state index is -0.621. The second-order valence-electron chi connectivity index (χ2n) is 4.72. The fraction of sp³-hybridized carbons (Fsp3) is 0.200. The normalized spacial score (nSPS) is 12.7. The van der Waals surface area contributed by atoms with Crippen LogP contribution in [0.1, 0.15) is 40.5 Å². The molecule has 0 spiro atoms. The number of benzene rings is 1. The molecule has 0 bridgehead atoms. The van der Waals surface area contributed by atoms with Crippen LogP contribution < -0.4 is 0 Å². The molecule has 2 N–H and O–H groups in total. The fourth-order valence-electron chi connectivity index (χ4n) is 2.15. The Morgan fingerprint density at radius 1 is 1.52 bits per heavy atom. The van der Waals surface area contributed by atoms with Crippen molar-refractivity contribution in [2.24, 2.45) is 0 Å². The van der Waals surface area contributed by atoms with Crippen molar-refractivity contribution < 1.29 is 9.90 Å². The van der Waals surface area contributed by atoms with Crippen LogP contribution in [-0.4, -0.2) is 20.9 Å². The van der Waals surface area contributed by atoms with Crippen molar-refractivity contribution >= 4 is 39.6 Å². The van der Waals surface area contributed by atoms with Crippen molar-refractivity contribution in [2.75, 3.05) is 0 Å². The lowest BCUT2D eigenvalue weighted by molar-refractivity contribution is 0.103. The summed E-state index contributed by atoms with van der Waals surface area (Å²) >= 11 is 7.19. The van der Waals surface area contributed by atoms with E-state index in [1.165, 1.54) is 11.3 Å². The zero-order valence-corrected chi connectivity index (χ0v) is 12.8. The molecule has 0 aliphatic carbocycles. The Balaban J connectivity index is 1.98. The summed E-state index contributed by atoms with van der Waals surface area (Å²) in [6.07, 6.45) is 1.62. The van der Waals surface area contributed by atoms with E-state index in [4.69, 9.17) is 11.6 Å². The third-order valence-electron chi connectivity index (χ3n) is 3.33. The second-order valence-corrected chi connectivity index (χ2v) is 6.02. The van der Waals surface area contributed by atoms with E-state index >= 15 is 0 Å². The monoisotopic (exact) mass is 320 g/mol. The van der Waals surface area contributed by atoms with Gasteiger partial charge in [-0.2, -0.15) is 0 Å². The predicted molar refractivity (Wildman–Crippen MR) is 84.1 cm³/mol. The number of fused-ring (bicyclic) bond motifs is 1. The van der Waals surface area contributed by atoms with Crippen molar-refractivity contribution in [1.82, 2.24) is 9.97 Å². The molecule has 3 aromatic rings. The number of carbonyl (C=O) groups is 1. The Morgan fingerprint density at radius 2 is 2.33 bits per heavy atom. The van der Waals surface area contributed by atoms with E-state index in [1.807, 2.05) is 13.0 Å². The Hall–Kier alpha value is -1.69. The van der Waals surface area contributed by atoms with E-state index in [9.17, 15) is 9.90 Å². The molecule has 1 aromatic carbocycles. The summed E-state index contributed by atoms with van der Waals surface area (Å²) in [6.45, 7) is 1.87. The number of nitrogens with zero attached hydrogens (tertiary/aromatic N) is 1. The highest BCUT2D eigenvalue weighted by atomic mass is 35.5. The van der Waals surface area contributed by atoms with Gasteiger partial charge in [0.05, 0.1) is 17.4 Å². The van der Waals surface area contributed by atoms with E-state index in [0.29, 0.717) is 27.7 Å². The van der Waals surface area contributed by atoms with Gasteiger partial charge in [0, 0.05) is 27.5 Å². The van der Waals surface area contributed by atoms with Crippen LogP contribution in [0, 0.1) is 0 Å². The highest BCUT2D eigenvalue weighted by molar-refractivity contribution is 7.12. The van der Waals surface area contributed by atoms with Crippen molar-refractivity contribution in [2.45, 2.75) is 19.4 Å². The van der Waals surface area contributed by atoms with E-state index in [-0.39, 0.29) is 5.78 Å². The molecule has 0 aliphatic heterocycles. The molecule has 21 heavy (non-hydrogen) atoms. The van der Waals surface area contributed by atoms with Crippen LogP contribution in [0.15, 0.2) is 29.8 Å². The summed E-state index contributed by atoms with van der Waals surface area (Å²) in [7, 11) is 0. The smallest absolute Gasteiger partial charge is 0.223 e. The van der Waals surface area contributed by atoms with Gasteiger partial charge in [-0.1, -0.05) is 24.6 Å². The summed E-state index contributed by atoms with van der Waals surface area (Å²) in [5.74, 6) is -0.150. The molecule has 0 fully saturated rings. The number of carbonyl (C=O) groups excluding carboxylic acids is 1. The molecular weight excluding hydrogens is 308 g/mol. The minimum Gasteiger partial charge on any atom is -0.387 e. The van der Waals surface area contributed by atoms with Gasteiger partial charge in [-0.3, -0.25) is 4.79 Å². The third-order valence-corrected chi connectivity index (χ3v) is 4.43. The lowest BCUT2D eigenvalue weighted by atomic mass is 10.1. The summed E-state index contributed by atoms with van der Waals surface area (Å²) in [5, 5.41) is 13.3. The van der Waals surface area contributed by atoms with Gasteiger partial charge in [-0.05, 0) is 18.6 Å². The molecule has 4 nitrogen and oxygen atoms in total. The van der Waals surface area contributed by atoms with E-state index < -0.39 is 6.10 Å². The highest BCUT2D eigenvalue weighted by Gasteiger charge is 2.19. The molecule has 1 atom stereocenters. The zero-order valence-electron chi connectivity index (χ0n) is 11.3. The van der Waals surface area contributed by atoms with Crippen LogP contribution in [0.25, 0.3) is 10.9 Å². The van der Waals surface area contributed by atoms with E-state index in [1.54, 1.807) is 23.7 Å². The molecule has 0 unspecified atom stereocenters. The number of thiazole rings is 1. The SMILES string of the molecule is CC[C@@H](O)c1csc(C(=O)c2c[nH]c3cc(Cl)ccc23)n1. The standard InChI is InChI=1S/C15H13ClN2O2S/c1-2-13(19)12-7-21-15(18-12)14(20)10-6-17-11-5-8(16)3-4-9(10)11/h3-7,13,17,19H,2H2,1H3/t13-/m1/s1. The molecule has 0 radical (unpaired) electrons. The van der Waals surface area contributed by atoms with Gasteiger partial charge >= 0.3 is 0 Å². The summed E-state index contributed by atoms with van der Waals surface area (Å²) in [5.41, 5.74) is 1.93. The number of hydrogen-bond donors (Lipinski definition) is 2. The summed E-state index contributed by atoms with van der Waals surface area (Å²) in [4.78, 5) is 19.8. The van der Waals surface area contributed by atoms with Crippen molar-refractivity contribution in [3.05, 3.63) is 51.1 Å². The van der Waals surface area contributed by atoms with Crippen LogP contribution in [0.4, 0.5) is 0 Å². The molecule has 108 valence electrons. The lowest BCUT2D eigenvalue weighted by Crippen LogP contribution is -2.02. The molecule has 3 rings (SSSR count). The van der Waals surface area contributed by atoms with Crippen molar-refractivity contribution in [3.63, 3.8) is 0 Å². The number of halogens is 1. The minimum absolute atomic E-state index is 0.150. The molecule has 0 saturated heterocycles. The Bertz CT molecular complexity index is 809. The summed E-state index contributed by atoms with van der Waals surface area (Å²) < 4.78 is 0. The van der Waals surface area contributed by atoms with Crippen molar-refractivity contribution in [1.29, 1.82) is 0 Å². The van der Waals surface area contributed by atoms with Crippen LogP contribution in [-0.2, 0) is 0 Å². The molecule has 0 amide bonds. The first-order valence-corrected chi connectivity index (χ1v) is 7.80. The van der Waals surface area contributed by atoms with Crippen LogP contribution in [0.5, 0.6) is 0 Å². The van der Waals surface area contributed by atoms with Crippen LogP contribution >= 0.6 is 22.9 Å². The second kappa shape index (κ2) is 5.60. The first-order chi connectivity index (χ1) is 10.1. The molecular formula is C15H13ClN2O2S. The van der Waals surface area contributed by atoms with Gasteiger partial charge in [0.1, 0.15) is 0 Å². The summed E-state index contributed by atoms with van der Waals surface area (Å²) in [6, 6.07) is 5.35. The maximum Gasteiger partial charge on any atom is 0.223 e. The Labute approximate surface area is 130 Å². The van der Waals surface area contributed by atoms with E-state index in [2.05, 4.69) is 9.97 Å². The van der Waals surface area contributed by atoms with Gasteiger partial charge in [0.2, 0.25) is 5.78 Å². The average Bonchev–Trinajstić information content (AvgIpc) is 3.12. The van der Waals surface area contributed by atoms with E-state index in [0.717, 1.165) is 10.9 Å². The van der Waals surface area contributed by atoms with Crippen LogP contribution in [0.2, 0.25) is 5.02 Å². The van der Waals surface area contributed by atoms with Gasteiger partial charge < -0.3 is 10.1 Å². The number of ketones is 1. The molecule has 2 aromatic heterocycles. The third kappa shape index (κ3) is 2.60. The topological polar surface area (TPSA) is 66.0 Å². The quantitative estimate of drug-likeness (QED) is 0.715. The lowest BCUT2D eigenvalue weighted by Gasteiger charge is -2.01. The number of H-pyrrole nitrogens is 1. The predicted octanol–water partition coefficient (Wildman–Crippen LogP) is 3.95. The number of rotatable bonds is 4. The maximum absolute atomic E-state index is 12.5. The highest BCUT2D eigenvalue weighted by Crippen LogP contribution is 2.26. The van der Waals surface area contributed by atoms with Gasteiger partial charge in [0.15, 0.2) is 5.01 Å². The largest absolute Gasteiger partial charge is 0.387 e. The number of aliphatic hydroxyl groups is 1. The van der Waals surface area contributed by atoms with Crippen LogP contribution in [0.3, 0.4) is 0 Å². The van der Waals surface area contributed by atoms with Gasteiger partial charge in [-0.15, -0.1) is 11.3 Å². The molecule has 0 saturated carbocycles. The Morgan fingerprint density at radius 3 is 3.10 bits per heavy atom. The fourth-order valence-corrected chi connectivity index (χ4v) is 3.14. The number of nitrogens with one attached hydrogen (secondary N) is 1. The number of aliphatic hydroxyl groups excluding tert-OH is 1. The number of hydrogen-bond acceptors (Lipinski definition) is 4. The number of aromatic amines is 1. The maximum atomic E-state index is 12.5.